The molecular formula is C11H8F3NO2S. The summed E-state index contributed by atoms with van der Waals surface area (Å²) < 4.78 is 37.2. The van der Waals surface area contributed by atoms with Crippen LogP contribution in [-0.4, -0.2) is 15.9 Å². The number of carbonyl (C=O) groups excluding carboxylic acids is 1. The number of carbonyl (C=O) groups is 1. The Morgan fingerprint density at radius 3 is 2.72 bits per heavy atom. The number of nitrogens with one attached hydrogen (secondary N) is 1. The second-order valence-electron chi connectivity index (χ2n) is 3.21. The van der Waals surface area contributed by atoms with Crippen molar-refractivity contribution in [2.75, 3.05) is 5.75 Å². The van der Waals surface area contributed by atoms with E-state index in [9.17, 15) is 22.8 Å². The molecule has 1 aromatic rings. The lowest BCUT2D eigenvalue weighted by atomic mass is 10.2. The molecule has 0 saturated carbocycles. The van der Waals surface area contributed by atoms with Crippen LogP contribution < -0.4 is 5.56 Å². The third-order valence-corrected chi connectivity index (χ3v) is 2.48. The lowest BCUT2D eigenvalue weighted by Gasteiger charge is -2.04. The van der Waals surface area contributed by atoms with Crippen molar-refractivity contribution in [1.29, 1.82) is 0 Å². The van der Waals surface area contributed by atoms with Crippen molar-refractivity contribution < 1.29 is 18.0 Å². The van der Waals surface area contributed by atoms with Crippen LogP contribution in [0.3, 0.4) is 0 Å². The van der Waals surface area contributed by atoms with Crippen molar-refractivity contribution in [1.82, 2.24) is 4.98 Å². The van der Waals surface area contributed by atoms with E-state index in [1.165, 1.54) is 6.92 Å². The molecule has 0 amide bonds. The lowest BCUT2D eigenvalue weighted by Crippen LogP contribution is -2.21. The Labute approximate surface area is 105 Å². The predicted molar refractivity (Wildman–Crippen MR) is 62.1 cm³/mol. The molecule has 3 nitrogen and oxygen atoms in total. The fourth-order valence-corrected chi connectivity index (χ4v) is 1.39. The van der Waals surface area contributed by atoms with Gasteiger partial charge in [0.2, 0.25) is 0 Å². The van der Waals surface area contributed by atoms with Crippen molar-refractivity contribution in [3.8, 4) is 11.8 Å². The van der Waals surface area contributed by atoms with Gasteiger partial charge in [0.1, 0.15) is 5.56 Å². The van der Waals surface area contributed by atoms with Gasteiger partial charge in [0, 0.05) is 18.7 Å². The summed E-state index contributed by atoms with van der Waals surface area (Å²) in [7, 11) is 0. The van der Waals surface area contributed by atoms with Gasteiger partial charge in [0.05, 0.1) is 5.75 Å². The van der Waals surface area contributed by atoms with Crippen molar-refractivity contribution in [2.45, 2.75) is 13.1 Å². The lowest BCUT2D eigenvalue weighted by molar-refractivity contribution is -0.138. The molecule has 1 aromatic heterocycles. The summed E-state index contributed by atoms with van der Waals surface area (Å²) in [5.74, 6) is 5.17. The van der Waals surface area contributed by atoms with Crippen molar-refractivity contribution in [2.24, 2.45) is 0 Å². The number of rotatable bonds is 1. The molecule has 96 valence electrons. The van der Waals surface area contributed by atoms with Crippen LogP contribution in [-0.2, 0) is 11.0 Å². The Morgan fingerprint density at radius 1 is 1.50 bits per heavy atom. The van der Waals surface area contributed by atoms with E-state index in [-0.39, 0.29) is 16.4 Å². The maximum absolute atomic E-state index is 12.4. The Bertz CT molecular complexity index is 566. The number of hydrogen-bond donors (Lipinski definition) is 1. The van der Waals surface area contributed by atoms with Gasteiger partial charge in [-0.15, -0.1) is 0 Å². The van der Waals surface area contributed by atoms with Crippen LogP contribution in [0.25, 0.3) is 0 Å². The van der Waals surface area contributed by atoms with E-state index in [2.05, 4.69) is 11.8 Å². The molecule has 1 heterocycles. The molecule has 7 heteroatoms. The van der Waals surface area contributed by atoms with Gasteiger partial charge >= 0.3 is 6.18 Å². The molecule has 0 aliphatic heterocycles. The summed E-state index contributed by atoms with van der Waals surface area (Å²) >= 11 is 0.957. The standard InChI is InChI=1S/C11H8F3NO2S/c1-7(16)18-4-2-3-8-5-9(11(12,13)14)10(17)15-6-8/h5-6H,4H2,1H3,(H,15,17). The normalized spacial score (nSPS) is 10.7. The Kier molecular flexibility index (Phi) is 4.62. The molecule has 0 spiro atoms. The van der Waals surface area contributed by atoms with Gasteiger partial charge in [-0.2, -0.15) is 13.2 Å². The zero-order valence-electron chi connectivity index (χ0n) is 9.22. The highest BCUT2D eigenvalue weighted by Crippen LogP contribution is 2.26. The number of hydrogen-bond acceptors (Lipinski definition) is 3. The van der Waals surface area contributed by atoms with Crippen LogP contribution in [0.5, 0.6) is 0 Å². The molecule has 0 radical (unpaired) electrons. The van der Waals surface area contributed by atoms with Crippen LogP contribution in [0.15, 0.2) is 17.1 Å². The summed E-state index contributed by atoms with van der Waals surface area (Å²) in [6.07, 6.45) is -3.61. The minimum Gasteiger partial charge on any atom is -0.327 e. The van der Waals surface area contributed by atoms with Gasteiger partial charge < -0.3 is 4.98 Å². The van der Waals surface area contributed by atoms with Gasteiger partial charge in [-0.1, -0.05) is 23.6 Å². The van der Waals surface area contributed by atoms with E-state index in [1.54, 1.807) is 0 Å². The first-order valence-electron chi connectivity index (χ1n) is 4.73. The second-order valence-corrected chi connectivity index (χ2v) is 4.36. The Morgan fingerprint density at radius 2 is 2.17 bits per heavy atom. The number of halogens is 3. The minimum atomic E-state index is -4.71. The first-order valence-corrected chi connectivity index (χ1v) is 5.71. The van der Waals surface area contributed by atoms with Crippen molar-refractivity contribution >= 4 is 16.9 Å². The number of alkyl halides is 3. The van der Waals surface area contributed by atoms with Crippen molar-refractivity contribution in [3.63, 3.8) is 0 Å². The van der Waals surface area contributed by atoms with Gasteiger partial charge in [-0.3, -0.25) is 9.59 Å². The quantitative estimate of drug-likeness (QED) is 0.798. The zero-order chi connectivity index (χ0) is 13.8. The van der Waals surface area contributed by atoms with Crippen LogP contribution in [0.2, 0.25) is 0 Å². The smallest absolute Gasteiger partial charge is 0.327 e. The zero-order valence-corrected chi connectivity index (χ0v) is 10.0. The van der Waals surface area contributed by atoms with Crippen LogP contribution in [0, 0.1) is 11.8 Å². The van der Waals surface area contributed by atoms with E-state index >= 15 is 0 Å². The van der Waals surface area contributed by atoms with Gasteiger partial charge in [0.15, 0.2) is 5.12 Å². The molecule has 18 heavy (non-hydrogen) atoms. The molecular weight excluding hydrogens is 267 g/mol. The summed E-state index contributed by atoms with van der Waals surface area (Å²) in [5.41, 5.74) is -2.44. The number of aromatic nitrogens is 1. The van der Waals surface area contributed by atoms with Crippen molar-refractivity contribution in [3.05, 3.63) is 33.7 Å². The average Bonchev–Trinajstić information content (AvgIpc) is 2.24. The van der Waals surface area contributed by atoms with E-state index in [4.69, 9.17) is 0 Å². The van der Waals surface area contributed by atoms with E-state index in [1.807, 2.05) is 4.98 Å². The molecule has 0 saturated heterocycles. The number of aromatic amines is 1. The fraction of sp³-hybridized carbons (Fsp3) is 0.273. The average molecular weight is 275 g/mol. The topological polar surface area (TPSA) is 49.9 Å². The minimum absolute atomic E-state index is 0.0473. The van der Waals surface area contributed by atoms with E-state index in [0.29, 0.717) is 6.07 Å². The molecule has 0 unspecified atom stereocenters. The fourth-order valence-electron chi connectivity index (χ4n) is 1.04. The Balaban J connectivity index is 2.93. The van der Waals surface area contributed by atoms with Gasteiger partial charge in [-0.25, -0.2) is 0 Å². The van der Waals surface area contributed by atoms with E-state index in [0.717, 1.165) is 18.0 Å². The molecule has 1 rings (SSSR count). The highest BCUT2D eigenvalue weighted by molar-refractivity contribution is 8.13. The highest BCUT2D eigenvalue weighted by Gasteiger charge is 2.33. The number of thioether (sulfide) groups is 1. The second kappa shape index (κ2) is 5.78. The number of H-pyrrole nitrogens is 1. The van der Waals surface area contributed by atoms with E-state index < -0.39 is 17.3 Å². The van der Waals surface area contributed by atoms with Crippen LogP contribution in [0.4, 0.5) is 13.2 Å². The third kappa shape index (κ3) is 4.30. The summed E-state index contributed by atoms with van der Waals surface area (Å²) in [5, 5.41) is -0.123. The number of pyridine rings is 1. The molecule has 0 bridgehead atoms. The predicted octanol–water partition coefficient (Wildman–Crippen LogP) is 2.02. The molecule has 0 aliphatic carbocycles. The maximum Gasteiger partial charge on any atom is 0.421 e. The first kappa shape index (κ1) is 14.4. The monoisotopic (exact) mass is 275 g/mol. The SMILES string of the molecule is CC(=O)SCC#Cc1c[nH]c(=O)c(C(F)(F)F)c1. The maximum atomic E-state index is 12.4. The molecule has 0 aliphatic rings. The summed E-state index contributed by atoms with van der Waals surface area (Å²) in [6, 6.07) is 0.685. The van der Waals surface area contributed by atoms with Crippen LogP contribution >= 0.6 is 11.8 Å². The Hall–Kier alpha value is -1.68. The third-order valence-electron chi connectivity index (χ3n) is 1.79. The first-order chi connectivity index (χ1) is 8.30. The summed E-state index contributed by atoms with van der Waals surface area (Å²) in [4.78, 5) is 23.5. The molecule has 0 fully saturated rings. The highest BCUT2D eigenvalue weighted by atomic mass is 32.2. The molecule has 0 atom stereocenters. The van der Waals surface area contributed by atoms with Gasteiger partial charge in [-0.05, 0) is 6.07 Å². The van der Waals surface area contributed by atoms with Crippen LogP contribution in [0.1, 0.15) is 18.1 Å². The largest absolute Gasteiger partial charge is 0.421 e. The molecule has 0 aromatic carbocycles. The van der Waals surface area contributed by atoms with Gasteiger partial charge in [0.25, 0.3) is 5.56 Å². The molecule has 1 N–H and O–H groups in total. The summed E-state index contributed by atoms with van der Waals surface area (Å²) in [6.45, 7) is 1.37.